The van der Waals surface area contributed by atoms with Gasteiger partial charge in [0, 0.05) is 18.2 Å². The SMILES string of the molecule is Cc1cn([C@H]2C[C@H](O)[C@@](C#N)(CO)O2)c(=O)[nH]c1=O. The van der Waals surface area contributed by atoms with Gasteiger partial charge in [-0.2, -0.15) is 5.26 Å². The average Bonchev–Trinajstić information content (AvgIpc) is 2.71. The van der Waals surface area contributed by atoms with Crippen molar-refractivity contribution in [3.8, 4) is 6.07 Å². The van der Waals surface area contributed by atoms with Crippen molar-refractivity contribution in [2.75, 3.05) is 6.61 Å². The Bertz CT molecular complexity index is 643. The van der Waals surface area contributed by atoms with Crippen LogP contribution in [0.15, 0.2) is 15.8 Å². The van der Waals surface area contributed by atoms with Crippen molar-refractivity contribution in [3.05, 3.63) is 32.6 Å². The molecule has 1 aliphatic heterocycles. The molecule has 1 fully saturated rings. The van der Waals surface area contributed by atoms with E-state index < -0.39 is 35.8 Å². The normalized spacial score (nSPS) is 30.2. The minimum Gasteiger partial charge on any atom is -0.392 e. The van der Waals surface area contributed by atoms with E-state index in [1.165, 1.54) is 13.1 Å². The molecule has 1 aliphatic rings. The molecule has 0 aromatic carbocycles. The molecule has 0 saturated carbocycles. The Hall–Kier alpha value is -1.95. The third kappa shape index (κ3) is 2.08. The van der Waals surface area contributed by atoms with E-state index in [2.05, 4.69) is 4.98 Å². The Morgan fingerprint density at radius 2 is 2.37 bits per heavy atom. The lowest BCUT2D eigenvalue weighted by Crippen LogP contribution is -2.41. The summed E-state index contributed by atoms with van der Waals surface area (Å²) in [7, 11) is 0. The highest BCUT2D eigenvalue weighted by molar-refractivity contribution is 5.11. The van der Waals surface area contributed by atoms with Crippen LogP contribution in [0.5, 0.6) is 0 Å². The number of aromatic amines is 1. The van der Waals surface area contributed by atoms with E-state index in [9.17, 15) is 14.7 Å². The van der Waals surface area contributed by atoms with Crippen LogP contribution in [0, 0.1) is 18.3 Å². The molecule has 102 valence electrons. The Morgan fingerprint density at radius 1 is 1.68 bits per heavy atom. The third-order valence-electron chi connectivity index (χ3n) is 3.19. The lowest BCUT2D eigenvalue weighted by Gasteiger charge is -2.21. The zero-order chi connectivity index (χ0) is 14.2. The summed E-state index contributed by atoms with van der Waals surface area (Å²) in [6.07, 6.45) is -0.861. The van der Waals surface area contributed by atoms with Crippen LogP contribution in [0.3, 0.4) is 0 Å². The number of hydrogen-bond acceptors (Lipinski definition) is 6. The molecule has 2 rings (SSSR count). The number of nitrogens with one attached hydrogen (secondary N) is 1. The fourth-order valence-corrected chi connectivity index (χ4v) is 2.00. The molecule has 0 spiro atoms. The summed E-state index contributed by atoms with van der Waals surface area (Å²) in [5, 5.41) is 27.9. The zero-order valence-corrected chi connectivity index (χ0v) is 10.2. The highest BCUT2D eigenvalue weighted by atomic mass is 16.6. The van der Waals surface area contributed by atoms with E-state index >= 15 is 0 Å². The maximum Gasteiger partial charge on any atom is 0.330 e. The van der Waals surface area contributed by atoms with Crippen LogP contribution in [0.25, 0.3) is 0 Å². The molecule has 1 aromatic rings. The summed E-state index contributed by atoms with van der Waals surface area (Å²) in [5.41, 5.74) is -2.64. The van der Waals surface area contributed by atoms with Gasteiger partial charge in [0.05, 0.1) is 6.61 Å². The second-order valence-electron chi connectivity index (χ2n) is 4.46. The van der Waals surface area contributed by atoms with Crippen LogP contribution in [0.4, 0.5) is 0 Å². The van der Waals surface area contributed by atoms with E-state index in [1.807, 2.05) is 0 Å². The summed E-state index contributed by atoms with van der Waals surface area (Å²) in [6, 6.07) is 1.71. The molecule has 3 atom stereocenters. The largest absolute Gasteiger partial charge is 0.392 e. The van der Waals surface area contributed by atoms with Crippen LogP contribution in [-0.2, 0) is 4.74 Å². The molecule has 0 aliphatic carbocycles. The number of aliphatic hydroxyl groups is 2. The lowest BCUT2D eigenvalue weighted by atomic mass is 10.00. The molecule has 8 heteroatoms. The molecule has 0 bridgehead atoms. The first-order valence-electron chi connectivity index (χ1n) is 5.63. The Morgan fingerprint density at radius 3 is 2.89 bits per heavy atom. The lowest BCUT2D eigenvalue weighted by molar-refractivity contribution is -0.0925. The second-order valence-corrected chi connectivity index (χ2v) is 4.46. The van der Waals surface area contributed by atoms with Crippen molar-refractivity contribution in [2.24, 2.45) is 0 Å². The first-order valence-corrected chi connectivity index (χ1v) is 5.63. The van der Waals surface area contributed by atoms with Gasteiger partial charge < -0.3 is 14.9 Å². The number of nitriles is 1. The van der Waals surface area contributed by atoms with Gasteiger partial charge in [0.2, 0.25) is 5.60 Å². The Kier molecular flexibility index (Phi) is 3.28. The standard InChI is InChI=1S/C11H13N3O5/c1-6-3-14(10(18)13-9(6)17)8-2-7(16)11(4-12,5-15)19-8/h3,7-8,15-16H,2,5H2,1H3,(H,13,17,18)/t7-,8+,11+/m0/s1. The van der Waals surface area contributed by atoms with Crippen LogP contribution < -0.4 is 11.2 Å². The van der Waals surface area contributed by atoms with E-state index in [4.69, 9.17) is 15.1 Å². The number of aromatic nitrogens is 2. The highest BCUT2D eigenvalue weighted by Crippen LogP contribution is 2.35. The number of ether oxygens (including phenoxy) is 1. The molecule has 1 saturated heterocycles. The van der Waals surface area contributed by atoms with Crippen molar-refractivity contribution in [1.29, 1.82) is 5.26 Å². The van der Waals surface area contributed by atoms with Crippen LogP contribution >= 0.6 is 0 Å². The monoisotopic (exact) mass is 267 g/mol. The fourth-order valence-electron chi connectivity index (χ4n) is 2.00. The molecule has 0 unspecified atom stereocenters. The van der Waals surface area contributed by atoms with E-state index in [1.54, 1.807) is 6.07 Å². The van der Waals surface area contributed by atoms with Gasteiger partial charge >= 0.3 is 5.69 Å². The highest BCUT2D eigenvalue weighted by Gasteiger charge is 2.49. The summed E-state index contributed by atoms with van der Waals surface area (Å²) >= 11 is 0. The van der Waals surface area contributed by atoms with Crippen LogP contribution in [0.2, 0.25) is 0 Å². The number of H-pyrrole nitrogens is 1. The average molecular weight is 267 g/mol. The molecular formula is C11H13N3O5. The molecule has 3 N–H and O–H groups in total. The van der Waals surface area contributed by atoms with Crippen molar-refractivity contribution < 1.29 is 14.9 Å². The summed E-state index contributed by atoms with van der Waals surface area (Å²) in [4.78, 5) is 25.0. The van der Waals surface area contributed by atoms with Gasteiger partial charge in [0.25, 0.3) is 5.56 Å². The van der Waals surface area contributed by atoms with Crippen LogP contribution in [-0.4, -0.2) is 38.1 Å². The second kappa shape index (κ2) is 4.62. The number of nitrogens with zero attached hydrogens (tertiary/aromatic N) is 2. The Labute approximate surface area is 107 Å². The van der Waals surface area contributed by atoms with Crippen molar-refractivity contribution in [3.63, 3.8) is 0 Å². The first kappa shape index (κ1) is 13.5. The predicted octanol–water partition coefficient (Wildman–Crippen LogP) is -1.62. The van der Waals surface area contributed by atoms with Gasteiger partial charge in [-0.3, -0.25) is 14.3 Å². The van der Waals surface area contributed by atoms with E-state index in [0.717, 1.165) is 4.57 Å². The van der Waals surface area contributed by atoms with Gasteiger partial charge in [-0.05, 0) is 6.92 Å². The molecule has 2 heterocycles. The van der Waals surface area contributed by atoms with E-state index in [0.29, 0.717) is 5.56 Å². The summed E-state index contributed by atoms with van der Waals surface area (Å²) in [6.45, 7) is 0.835. The summed E-state index contributed by atoms with van der Waals surface area (Å²) < 4.78 is 6.39. The topological polar surface area (TPSA) is 128 Å². The molecule has 19 heavy (non-hydrogen) atoms. The van der Waals surface area contributed by atoms with Crippen molar-refractivity contribution >= 4 is 0 Å². The van der Waals surface area contributed by atoms with Crippen LogP contribution in [0.1, 0.15) is 18.2 Å². The van der Waals surface area contributed by atoms with Gasteiger partial charge in [0.1, 0.15) is 18.4 Å². The van der Waals surface area contributed by atoms with E-state index in [-0.39, 0.29) is 6.42 Å². The number of aliphatic hydroxyl groups excluding tert-OH is 2. The number of hydrogen-bond donors (Lipinski definition) is 3. The number of rotatable bonds is 2. The minimum atomic E-state index is -1.74. The molecule has 8 nitrogen and oxygen atoms in total. The van der Waals surface area contributed by atoms with Gasteiger partial charge in [-0.15, -0.1) is 0 Å². The maximum atomic E-state index is 11.7. The third-order valence-corrected chi connectivity index (χ3v) is 3.19. The maximum absolute atomic E-state index is 11.7. The fraction of sp³-hybridized carbons (Fsp3) is 0.545. The molecular weight excluding hydrogens is 254 g/mol. The van der Waals surface area contributed by atoms with Gasteiger partial charge in [-0.25, -0.2) is 4.79 Å². The zero-order valence-electron chi connectivity index (χ0n) is 10.2. The molecule has 0 radical (unpaired) electrons. The summed E-state index contributed by atoms with van der Waals surface area (Å²) in [5.74, 6) is 0. The Balaban J connectivity index is 2.42. The first-order chi connectivity index (χ1) is 8.93. The van der Waals surface area contributed by atoms with Crippen molar-refractivity contribution in [2.45, 2.75) is 31.3 Å². The smallest absolute Gasteiger partial charge is 0.330 e. The van der Waals surface area contributed by atoms with Gasteiger partial charge in [-0.1, -0.05) is 0 Å². The molecule has 1 aromatic heterocycles. The minimum absolute atomic E-state index is 0.0283. The number of aryl methyl sites for hydroxylation is 1. The quantitative estimate of drug-likeness (QED) is 0.590. The predicted molar refractivity (Wildman–Crippen MR) is 62.2 cm³/mol. The van der Waals surface area contributed by atoms with Gasteiger partial charge in [0.15, 0.2) is 0 Å². The molecule has 0 amide bonds. The van der Waals surface area contributed by atoms with Crippen molar-refractivity contribution in [1.82, 2.24) is 9.55 Å².